The van der Waals surface area contributed by atoms with Gasteiger partial charge < -0.3 is 4.90 Å². The largest absolute Gasteiger partial charge is 0.335 e. The van der Waals surface area contributed by atoms with E-state index in [1.54, 1.807) is 17.1 Å². The Hall–Kier alpha value is -1.86. The maximum atomic E-state index is 12.8. The Morgan fingerprint density at radius 2 is 2.08 bits per heavy atom. The van der Waals surface area contributed by atoms with Gasteiger partial charge in [-0.15, -0.1) is 0 Å². The molecule has 0 radical (unpaired) electrons. The minimum Gasteiger partial charge on any atom is -0.335 e. The monoisotopic (exact) mass is 343 g/mol. The fourth-order valence-electron chi connectivity index (χ4n) is 3.36. The SMILES string of the molecule is O=C(c1cc(-n2cccn2)ccn1)N1CCN(C2CCSC2)CC1. The van der Waals surface area contributed by atoms with E-state index in [4.69, 9.17) is 0 Å². The van der Waals surface area contributed by atoms with Crippen LogP contribution in [0.25, 0.3) is 5.69 Å². The normalized spacial score (nSPS) is 22.0. The average molecular weight is 343 g/mol. The van der Waals surface area contributed by atoms with E-state index in [-0.39, 0.29) is 5.91 Å². The maximum absolute atomic E-state index is 12.8. The Bertz CT molecular complexity index is 691. The minimum absolute atomic E-state index is 0.0180. The van der Waals surface area contributed by atoms with Gasteiger partial charge in [0.2, 0.25) is 0 Å². The molecule has 1 amide bonds. The van der Waals surface area contributed by atoms with Gasteiger partial charge in [0.25, 0.3) is 5.91 Å². The molecule has 0 N–H and O–H groups in total. The highest BCUT2D eigenvalue weighted by Gasteiger charge is 2.28. The number of carbonyl (C=O) groups is 1. The summed E-state index contributed by atoms with van der Waals surface area (Å²) in [6.45, 7) is 3.51. The summed E-state index contributed by atoms with van der Waals surface area (Å²) in [6.07, 6.45) is 6.55. The Morgan fingerprint density at radius 1 is 1.21 bits per heavy atom. The zero-order valence-corrected chi connectivity index (χ0v) is 14.4. The molecule has 4 rings (SSSR count). The number of nitrogens with zero attached hydrogens (tertiary/aromatic N) is 5. The van der Waals surface area contributed by atoms with Crippen molar-refractivity contribution in [2.45, 2.75) is 12.5 Å². The van der Waals surface area contributed by atoms with Crippen LogP contribution >= 0.6 is 11.8 Å². The van der Waals surface area contributed by atoms with Gasteiger partial charge >= 0.3 is 0 Å². The van der Waals surface area contributed by atoms with Gasteiger partial charge in [-0.3, -0.25) is 14.7 Å². The van der Waals surface area contributed by atoms with E-state index in [9.17, 15) is 4.79 Å². The second-order valence-corrected chi connectivity index (χ2v) is 7.35. The van der Waals surface area contributed by atoms with Gasteiger partial charge in [0.15, 0.2) is 0 Å². The zero-order chi connectivity index (χ0) is 16.4. The van der Waals surface area contributed by atoms with Crippen molar-refractivity contribution in [1.29, 1.82) is 0 Å². The van der Waals surface area contributed by atoms with E-state index in [1.807, 2.05) is 41.1 Å². The molecular weight excluding hydrogens is 322 g/mol. The molecule has 1 atom stereocenters. The zero-order valence-electron chi connectivity index (χ0n) is 13.5. The molecule has 0 spiro atoms. The Labute approximate surface area is 145 Å². The third-order valence-electron chi connectivity index (χ3n) is 4.76. The summed E-state index contributed by atoms with van der Waals surface area (Å²) in [4.78, 5) is 21.5. The first-order chi connectivity index (χ1) is 11.8. The van der Waals surface area contributed by atoms with Crippen LogP contribution < -0.4 is 0 Å². The first-order valence-electron chi connectivity index (χ1n) is 8.38. The van der Waals surface area contributed by atoms with E-state index in [0.29, 0.717) is 11.7 Å². The fourth-order valence-corrected chi connectivity index (χ4v) is 4.62. The van der Waals surface area contributed by atoms with Crippen molar-refractivity contribution < 1.29 is 4.79 Å². The molecule has 126 valence electrons. The number of amides is 1. The van der Waals surface area contributed by atoms with Gasteiger partial charge in [0, 0.05) is 56.6 Å². The molecule has 1 unspecified atom stereocenters. The minimum atomic E-state index is 0.0180. The predicted molar refractivity (Wildman–Crippen MR) is 94.6 cm³/mol. The van der Waals surface area contributed by atoms with Gasteiger partial charge in [0.05, 0.1) is 5.69 Å². The molecule has 2 aliphatic rings. The van der Waals surface area contributed by atoms with E-state index in [1.165, 1.54) is 17.9 Å². The van der Waals surface area contributed by atoms with Crippen molar-refractivity contribution in [2.75, 3.05) is 37.7 Å². The van der Waals surface area contributed by atoms with Gasteiger partial charge in [-0.1, -0.05) is 0 Å². The predicted octanol–water partition coefficient (Wildman–Crippen LogP) is 1.53. The number of pyridine rings is 1. The highest BCUT2D eigenvalue weighted by atomic mass is 32.2. The number of rotatable bonds is 3. The summed E-state index contributed by atoms with van der Waals surface area (Å²) in [5.41, 5.74) is 1.35. The van der Waals surface area contributed by atoms with E-state index in [0.717, 1.165) is 31.9 Å². The molecule has 6 nitrogen and oxygen atoms in total. The topological polar surface area (TPSA) is 54.3 Å². The molecule has 2 aromatic rings. The lowest BCUT2D eigenvalue weighted by molar-refractivity contribution is 0.0583. The summed E-state index contributed by atoms with van der Waals surface area (Å²) in [5.74, 6) is 2.53. The van der Waals surface area contributed by atoms with Gasteiger partial charge in [0.1, 0.15) is 5.69 Å². The molecule has 0 bridgehead atoms. The third-order valence-corrected chi connectivity index (χ3v) is 5.90. The first-order valence-corrected chi connectivity index (χ1v) is 9.54. The number of piperazine rings is 1. The average Bonchev–Trinajstić information content (AvgIpc) is 3.35. The van der Waals surface area contributed by atoms with Crippen LogP contribution in [0.4, 0.5) is 0 Å². The van der Waals surface area contributed by atoms with Crippen LogP contribution in [0.2, 0.25) is 0 Å². The lowest BCUT2D eigenvalue weighted by Gasteiger charge is -2.37. The van der Waals surface area contributed by atoms with E-state index in [2.05, 4.69) is 15.0 Å². The van der Waals surface area contributed by atoms with Crippen LogP contribution in [0.3, 0.4) is 0 Å². The molecule has 4 heterocycles. The van der Waals surface area contributed by atoms with Gasteiger partial charge in [-0.2, -0.15) is 16.9 Å². The standard InChI is InChI=1S/C17H21N5OS/c23-17(16-12-14(2-5-18-16)22-6-1-4-19-22)21-9-7-20(8-10-21)15-3-11-24-13-15/h1-2,4-6,12,15H,3,7-11,13H2. The highest BCUT2D eigenvalue weighted by molar-refractivity contribution is 7.99. The molecule has 0 saturated carbocycles. The quantitative estimate of drug-likeness (QED) is 0.846. The molecule has 0 aliphatic carbocycles. The van der Waals surface area contributed by atoms with Crippen LogP contribution in [0, 0.1) is 0 Å². The van der Waals surface area contributed by atoms with Crippen molar-refractivity contribution in [3.8, 4) is 5.69 Å². The Balaban J connectivity index is 1.42. The van der Waals surface area contributed by atoms with Crippen molar-refractivity contribution in [1.82, 2.24) is 24.6 Å². The van der Waals surface area contributed by atoms with Crippen molar-refractivity contribution in [3.63, 3.8) is 0 Å². The van der Waals surface area contributed by atoms with Crippen molar-refractivity contribution in [2.24, 2.45) is 0 Å². The Morgan fingerprint density at radius 3 is 2.79 bits per heavy atom. The summed E-state index contributed by atoms with van der Waals surface area (Å²) in [5, 5.41) is 4.21. The molecule has 0 aromatic carbocycles. The lowest BCUT2D eigenvalue weighted by atomic mass is 10.2. The van der Waals surface area contributed by atoms with Gasteiger partial charge in [-0.25, -0.2) is 4.68 Å². The maximum Gasteiger partial charge on any atom is 0.272 e. The number of carbonyl (C=O) groups excluding carboxylic acids is 1. The van der Waals surface area contributed by atoms with Crippen LogP contribution in [0.15, 0.2) is 36.8 Å². The molecule has 2 fully saturated rings. The Kier molecular flexibility index (Phi) is 4.53. The molecule has 2 saturated heterocycles. The number of hydrogen-bond donors (Lipinski definition) is 0. The number of hydrogen-bond acceptors (Lipinski definition) is 5. The summed E-state index contributed by atoms with van der Waals surface area (Å²) in [6, 6.07) is 6.24. The van der Waals surface area contributed by atoms with Crippen LogP contribution in [-0.2, 0) is 0 Å². The summed E-state index contributed by atoms with van der Waals surface area (Å²) < 4.78 is 1.74. The second-order valence-electron chi connectivity index (χ2n) is 6.20. The highest BCUT2D eigenvalue weighted by Crippen LogP contribution is 2.23. The lowest BCUT2D eigenvalue weighted by Crippen LogP contribution is -2.52. The molecule has 2 aromatic heterocycles. The summed E-state index contributed by atoms with van der Waals surface area (Å²) in [7, 11) is 0. The van der Waals surface area contributed by atoms with Crippen LogP contribution in [0.1, 0.15) is 16.9 Å². The van der Waals surface area contributed by atoms with E-state index >= 15 is 0 Å². The fraction of sp³-hybridized carbons (Fsp3) is 0.471. The first kappa shape index (κ1) is 15.7. The molecule has 7 heteroatoms. The summed E-state index contributed by atoms with van der Waals surface area (Å²) >= 11 is 2.04. The number of thioether (sulfide) groups is 1. The van der Waals surface area contributed by atoms with Crippen molar-refractivity contribution >= 4 is 17.7 Å². The smallest absolute Gasteiger partial charge is 0.272 e. The third kappa shape index (κ3) is 3.18. The van der Waals surface area contributed by atoms with Crippen LogP contribution in [0.5, 0.6) is 0 Å². The number of aromatic nitrogens is 3. The second kappa shape index (κ2) is 6.94. The molecule has 24 heavy (non-hydrogen) atoms. The van der Waals surface area contributed by atoms with Crippen LogP contribution in [-0.4, -0.2) is 74.2 Å². The van der Waals surface area contributed by atoms with E-state index < -0.39 is 0 Å². The van der Waals surface area contributed by atoms with Crippen molar-refractivity contribution in [3.05, 3.63) is 42.5 Å². The van der Waals surface area contributed by atoms with Gasteiger partial charge in [-0.05, 0) is 30.4 Å². The molecular formula is C17H21N5OS. The molecule has 2 aliphatic heterocycles.